The Morgan fingerprint density at radius 3 is 2.72 bits per heavy atom. The van der Waals surface area contributed by atoms with Crippen LogP contribution in [0, 0.1) is 17.8 Å². The maximum atomic E-state index is 10.6. The van der Waals surface area contributed by atoms with Crippen LogP contribution in [-0.4, -0.2) is 23.8 Å². The highest BCUT2D eigenvalue weighted by Gasteiger charge is 2.19. The third kappa shape index (κ3) is 8.12. The molecule has 0 bridgehead atoms. The van der Waals surface area contributed by atoms with Crippen LogP contribution in [0.3, 0.4) is 0 Å². The average molecular weight is 403 g/mol. The van der Waals surface area contributed by atoms with Gasteiger partial charge in [0, 0.05) is 0 Å². The molecule has 162 valence electrons. The second-order valence-corrected chi connectivity index (χ2v) is 9.07. The summed E-state index contributed by atoms with van der Waals surface area (Å²) in [5, 5.41) is 8.71. The van der Waals surface area contributed by atoms with Gasteiger partial charge in [-0.15, -0.1) is 0 Å². The van der Waals surface area contributed by atoms with Crippen LogP contribution in [0.15, 0.2) is 29.8 Å². The van der Waals surface area contributed by atoms with Crippen molar-refractivity contribution < 1.29 is 19.4 Å². The molecule has 1 aromatic rings. The van der Waals surface area contributed by atoms with Gasteiger partial charge in [-0.05, 0) is 86.6 Å². The van der Waals surface area contributed by atoms with E-state index in [1.807, 2.05) is 18.2 Å². The summed E-state index contributed by atoms with van der Waals surface area (Å²) in [7, 11) is 0. The van der Waals surface area contributed by atoms with Gasteiger partial charge in [0.05, 0.1) is 13.0 Å². The maximum Gasteiger partial charge on any atom is 0.306 e. The Morgan fingerprint density at radius 2 is 2.03 bits per heavy atom. The number of carboxylic acid groups (broad SMARTS) is 1. The minimum atomic E-state index is -0.847. The lowest BCUT2D eigenvalue weighted by molar-refractivity contribution is -0.137. The van der Waals surface area contributed by atoms with Crippen LogP contribution >= 0.6 is 0 Å². The van der Waals surface area contributed by atoms with Gasteiger partial charge in [-0.3, -0.25) is 4.79 Å². The number of hydrogen-bond donors (Lipinski definition) is 1. The summed E-state index contributed by atoms with van der Waals surface area (Å²) < 4.78 is 11.7. The van der Waals surface area contributed by atoms with Gasteiger partial charge in [0.1, 0.15) is 17.6 Å². The first kappa shape index (κ1) is 23.3. The summed E-state index contributed by atoms with van der Waals surface area (Å²) in [5.41, 5.74) is 2.55. The molecule has 0 aromatic heterocycles. The molecule has 3 atom stereocenters. The Bertz CT molecular complexity index is 692. The maximum absolute atomic E-state index is 10.6. The van der Waals surface area contributed by atoms with Crippen LogP contribution in [0.1, 0.15) is 72.3 Å². The van der Waals surface area contributed by atoms with Crippen molar-refractivity contribution in [1.29, 1.82) is 0 Å². The SMILES string of the molecule is CC(=CC1CCc2cc(OCCC(=O)O)ccc2O1)CCC(C)CC(C)C(C)C. The third-order valence-electron chi connectivity index (χ3n) is 6.01. The number of carbonyl (C=O) groups is 1. The molecule has 0 spiro atoms. The molecule has 0 saturated heterocycles. The Kier molecular flexibility index (Phi) is 9.06. The zero-order valence-electron chi connectivity index (χ0n) is 18.7. The second kappa shape index (κ2) is 11.3. The van der Waals surface area contributed by atoms with Crippen LogP contribution in [0.5, 0.6) is 11.5 Å². The van der Waals surface area contributed by atoms with Crippen molar-refractivity contribution in [3.8, 4) is 11.5 Å². The highest BCUT2D eigenvalue weighted by molar-refractivity contribution is 5.66. The number of hydrogen-bond acceptors (Lipinski definition) is 3. The van der Waals surface area contributed by atoms with E-state index < -0.39 is 5.97 Å². The molecule has 0 fully saturated rings. The summed E-state index contributed by atoms with van der Waals surface area (Å²) in [4.78, 5) is 10.6. The van der Waals surface area contributed by atoms with Crippen LogP contribution in [0.4, 0.5) is 0 Å². The highest BCUT2D eigenvalue weighted by Crippen LogP contribution is 2.32. The Labute approximate surface area is 176 Å². The van der Waals surface area contributed by atoms with Crippen molar-refractivity contribution in [3.63, 3.8) is 0 Å². The lowest BCUT2D eigenvalue weighted by Crippen LogP contribution is -2.21. The standard InChI is InChI=1S/C25H38O4/c1-17(2)20(5)14-18(3)6-7-19(4)15-23-9-8-21-16-22(10-11-24(21)29-23)28-13-12-25(26)27/h10-11,15-18,20,23H,6-9,12-14H2,1-5H3,(H,26,27). The monoisotopic (exact) mass is 402 g/mol. The van der Waals surface area contributed by atoms with E-state index in [9.17, 15) is 4.79 Å². The van der Waals surface area contributed by atoms with Crippen LogP contribution < -0.4 is 9.47 Å². The lowest BCUT2D eigenvalue weighted by Gasteiger charge is -2.25. The van der Waals surface area contributed by atoms with Gasteiger partial charge in [-0.25, -0.2) is 0 Å². The molecule has 1 heterocycles. The highest BCUT2D eigenvalue weighted by atomic mass is 16.5. The van der Waals surface area contributed by atoms with Gasteiger partial charge >= 0.3 is 5.97 Å². The van der Waals surface area contributed by atoms with Gasteiger partial charge < -0.3 is 14.6 Å². The van der Waals surface area contributed by atoms with Gasteiger partial charge in [0.15, 0.2) is 0 Å². The first-order valence-corrected chi connectivity index (χ1v) is 11.1. The fourth-order valence-corrected chi connectivity index (χ4v) is 3.75. The average Bonchev–Trinajstić information content (AvgIpc) is 2.66. The number of aliphatic carboxylic acids is 1. The molecular formula is C25H38O4. The number of fused-ring (bicyclic) bond motifs is 1. The number of ether oxygens (including phenoxy) is 2. The van der Waals surface area contributed by atoms with E-state index >= 15 is 0 Å². The summed E-state index contributed by atoms with van der Waals surface area (Å²) in [6.45, 7) is 11.8. The van der Waals surface area contributed by atoms with Crippen LogP contribution in [0.2, 0.25) is 0 Å². The molecule has 1 aliphatic heterocycles. The number of carboxylic acids is 1. The molecule has 0 aliphatic carbocycles. The molecule has 0 saturated carbocycles. The molecule has 29 heavy (non-hydrogen) atoms. The Hall–Kier alpha value is -1.97. The van der Waals surface area contributed by atoms with Crippen molar-refractivity contribution in [2.75, 3.05) is 6.61 Å². The largest absolute Gasteiger partial charge is 0.493 e. The molecule has 0 amide bonds. The van der Waals surface area contributed by atoms with Crippen molar-refractivity contribution in [1.82, 2.24) is 0 Å². The summed E-state index contributed by atoms with van der Waals surface area (Å²) >= 11 is 0. The second-order valence-electron chi connectivity index (χ2n) is 9.07. The molecule has 1 aromatic carbocycles. The van der Waals surface area contributed by atoms with E-state index in [4.69, 9.17) is 14.6 Å². The molecule has 2 rings (SSSR count). The fraction of sp³-hybridized carbons (Fsp3) is 0.640. The zero-order chi connectivity index (χ0) is 21.4. The van der Waals surface area contributed by atoms with E-state index in [0.29, 0.717) is 5.75 Å². The van der Waals surface area contributed by atoms with Crippen molar-refractivity contribution in [2.45, 2.75) is 79.2 Å². The third-order valence-corrected chi connectivity index (χ3v) is 6.01. The van der Waals surface area contributed by atoms with Gasteiger partial charge in [0.2, 0.25) is 0 Å². The minimum absolute atomic E-state index is 0.00866. The zero-order valence-corrected chi connectivity index (χ0v) is 18.7. The fourth-order valence-electron chi connectivity index (χ4n) is 3.75. The van der Waals surface area contributed by atoms with E-state index in [1.54, 1.807) is 0 Å². The van der Waals surface area contributed by atoms with Crippen LogP contribution in [0.25, 0.3) is 0 Å². The Morgan fingerprint density at radius 1 is 1.28 bits per heavy atom. The summed E-state index contributed by atoms with van der Waals surface area (Å²) in [6.07, 6.45) is 8.01. The van der Waals surface area contributed by atoms with Crippen molar-refractivity contribution in [2.24, 2.45) is 17.8 Å². The molecule has 4 nitrogen and oxygen atoms in total. The van der Waals surface area contributed by atoms with E-state index in [2.05, 4.69) is 40.7 Å². The molecule has 3 unspecified atom stereocenters. The number of rotatable bonds is 11. The smallest absolute Gasteiger partial charge is 0.306 e. The van der Waals surface area contributed by atoms with Gasteiger partial charge in [-0.1, -0.05) is 33.3 Å². The van der Waals surface area contributed by atoms with Crippen molar-refractivity contribution >= 4 is 5.97 Å². The predicted octanol–water partition coefficient (Wildman–Crippen LogP) is 6.28. The number of aryl methyl sites for hydroxylation is 1. The minimum Gasteiger partial charge on any atom is -0.493 e. The summed E-state index contributed by atoms with van der Waals surface area (Å²) in [6, 6.07) is 5.77. The molecule has 1 aliphatic rings. The predicted molar refractivity (Wildman–Crippen MR) is 118 cm³/mol. The quantitative estimate of drug-likeness (QED) is 0.443. The normalized spacial score (nSPS) is 18.7. The van der Waals surface area contributed by atoms with Crippen LogP contribution in [-0.2, 0) is 11.2 Å². The molecule has 0 radical (unpaired) electrons. The first-order chi connectivity index (χ1) is 13.7. The molecular weight excluding hydrogens is 364 g/mol. The van der Waals surface area contributed by atoms with E-state index in [0.717, 1.165) is 48.3 Å². The molecule has 4 heteroatoms. The van der Waals surface area contributed by atoms with Crippen molar-refractivity contribution in [3.05, 3.63) is 35.4 Å². The van der Waals surface area contributed by atoms with Gasteiger partial charge in [0.25, 0.3) is 0 Å². The molecule has 1 N–H and O–H groups in total. The lowest BCUT2D eigenvalue weighted by atomic mass is 9.86. The topological polar surface area (TPSA) is 55.8 Å². The first-order valence-electron chi connectivity index (χ1n) is 11.1. The number of benzene rings is 1. The Balaban J connectivity index is 1.83. The van der Waals surface area contributed by atoms with Gasteiger partial charge in [-0.2, -0.15) is 0 Å². The number of allylic oxidation sites excluding steroid dienone is 1. The summed E-state index contributed by atoms with van der Waals surface area (Å²) in [5.74, 6) is 3.07. The van der Waals surface area contributed by atoms with E-state index in [-0.39, 0.29) is 19.1 Å². The van der Waals surface area contributed by atoms with E-state index in [1.165, 1.54) is 18.4 Å².